The average molecular weight is 243 g/mol. The molecule has 52 valence electrons. The van der Waals surface area contributed by atoms with E-state index in [9.17, 15) is 9.59 Å². The van der Waals surface area contributed by atoms with Crippen LogP contribution in [0.4, 0.5) is 0 Å². The van der Waals surface area contributed by atoms with Gasteiger partial charge in [-0.05, 0) is 22.6 Å². The van der Waals surface area contributed by atoms with Crippen molar-refractivity contribution >= 4 is 32.4 Å². The van der Waals surface area contributed by atoms with Crippen molar-refractivity contribution in [1.82, 2.24) is 0 Å². The van der Waals surface area contributed by atoms with Gasteiger partial charge in [0.05, 0.1) is 6.42 Å². The first-order chi connectivity index (χ1) is 4.16. The molecule has 0 aliphatic carbocycles. The van der Waals surface area contributed by atoms with Gasteiger partial charge in [-0.1, -0.05) is 0 Å². The third-order valence-corrected chi connectivity index (χ3v) is 1.20. The summed E-state index contributed by atoms with van der Waals surface area (Å²) in [5.74, 6) is 3.94. The van der Waals surface area contributed by atoms with Gasteiger partial charge in [-0.2, -0.15) is 5.90 Å². The number of hydrogen-bond donors (Lipinski definition) is 1. The Kier molecular flexibility index (Phi) is 4.60. The van der Waals surface area contributed by atoms with Crippen LogP contribution < -0.4 is 5.90 Å². The van der Waals surface area contributed by atoms with E-state index in [4.69, 9.17) is 0 Å². The van der Waals surface area contributed by atoms with Crippen LogP contribution in [0, 0.1) is 0 Å². The van der Waals surface area contributed by atoms with Gasteiger partial charge in [-0.15, -0.1) is 0 Å². The molecule has 2 N–H and O–H groups in total. The lowest BCUT2D eigenvalue weighted by molar-refractivity contribution is -0.144. The lowest BCUT2D eigenvalue weighted by atomic mass is 10.3. The maximum Gasteiger partial charge on any atom is 0.324 e. The lowest BCUT2D eigenvalue weighted by Crippen LogP contribution is -2.10. The van der Waals surface area contributed by atoms with Gasteiger partial charge in [0.1, 0.15) is 0 Å². The predicted molar refractivity (Wildman–Crippen MR) is 38.5 cm³/mol. The molecule has 0 rings (SSSR count). The predicted octanol–water partition coefficient (Wildman–Crippen LogP) is 0.145. The molecule has 0 aromatic rings. The van der Waals surface area contributed by atoms with Gasteiger partial charge >= 0.3 is 5.97 Å². The fourth-order valence-corrected chi connectivity index (χ4v) is 0.529. The van der Waals surface area contributed by atoms with Gasteiger partial charge < -0.3 is 4.84 Å². The van der Waals surface area contributed by atoms with Crippen molar-refractivity contribution in [1.29, 1.82) is 0 Å². The van der Waals surface area contributed by atoms with Crippen LogP contribution in [-0.4, -0.2) is 9.76 Å². The topological polar surface area (TPSA) is 69.4 Å². The van der Waals surface area contributed by atoms with Crippen molar-refractivity contribution in [3.63, 3.8) is 0 Å². The Bertz CT molecular complexity index is 125. The van der Waals surface area contributed by atoms with E-state index in [1.165, 1.54) is 0 Å². The first-order valence-corrected chi connectivity index (χ1v) is 3.32. The van der Waals surface area contributed by atoms with E-state index in [0.717, 1.165) is 0 Å². The number of carbonyl (C=O) groups is 2. The van der Waals surface area contributed by atoms with Crippen LogP contribution in [0.25, 0.3) is 0 Å². The van der Waals surface area contributed by atoms with Crippen LogP contribution in [0.1, 0.15) is 12.8 Å². The molecule has 0 aliphatic rings. The maximum absolute atomic E-state index is 10.2. The molecular formula is C4H6INO3. The number of nitrogens with two attached hydrogens (primary N) is 1. The summed E-state index contributed by atoms with van der Waals surface area (Å²) >= 11 is 1.60. The Balaban J connectivity index is 3.28. The summed E-state index contributed by atoms with van der Waals surface area (Å²) in [6.07, 6.45) is 0.259. The smallest absolute Gasteiger partial charge is 0.324 e. The molecule has 0 amide bonds. The Labute approximate surface area is 65.8 Å². The van der Waals surface area contributed by atoms with Crippen molar-refractivity contribution in [2.45, 2.75) is 12.8 Å². The van der Waals surface area contributed by atoms with E-state index >= 15 is 0 Å². The summed E-state index contributed by atoms with van der Waals surface area (Å²) in [4.78, 5) is 24.2. The number of rotatable bonds is 3. The molecule has 0 heterocycles. The molecule has 0 saturated heterocycles. The highest BCUT2D eigenvalue weighted by molar-refractivity contribution is 14.1. The van der Waals surface area contributed by atoms with Crippen molar-refractivity contribution in [3.05, 3.63) is 0 Å². The summed E-state index contributed by atoms with van der Waals surface area (Å²) in [5, 5.41) is 0. The van der Waals surface area contributed by atoms with Crippen molar-refractivity contribution < 1.29 is 14.4 Å². The molecule has 0 radical (unpaired) electrons. The zero-order chi connectivity index (χ0) is 7.28. The van der Waals surface area contributed by atoms with E-state index in [-0.39, 0.29) is 16.6 Å². The highest BCUT2D eigenvalue weighted by Gasteiger charge is 2.02. The molecule has 0 aromatic carbocycles. The summed E-state index contributed by atoms with van der Waals surface area (Å²) in [6.45, 7) is 0. The van der Waals surface area contributed by atoms with Gasteiger partial charge in [0.2, 0.25) is 0 Å². The van der Waals surface area contributed by atoms with Gasteiger partial charge in [0.15, 0.2) is 3.79 Å². The molecule has 0 bridgehead atoms. The van der Waals surface area contributed by atoms with Gasteiger partial charge in [-0.25, -0.2) is 0 Å². The van der Waals surface area contributed by atoms with Crippen molar-refractivity contribution in [2.24, 2.45) is 5.90 Å². The first-order valence-electron chi connectivity index (χ1n) is 2.24. The third kappa shape index (κ3) is 5.71. The largest absolute Gasteiger partial charge is 0.373 e. The second-order valence-electron chi connectivity index (χ2n) is 1.34. The van der Waals surface area contributed by atoms with Crippen LogP contribution >= 0.6 is 22.6 Å². The number of carbonyl (C=O) groups excluding carboxylic acids is 2. The molecule has 0 saturated carbocycles. The number of hydrogen-bond acceptors (Lipinski definition) is 4. The average Bonchev–Trinajstić information content (AvgIpc) is 1.83. The molecule has 0 spiro atoms. The minimum absolute atomic E-state index is 0.0677. The molecule has 5 heteroatoms. The fourth-order valence-electron chi connectivity index (χ4n) is 0.259. The number of halogens is 1. The summed E-state index contributed by atoms with van der Waals surface area (Å²) in [6, 6.07) is 0. The monoisotopic (exact) mass is 243 g/mol. The minimum atomic E-state index is -0.556. The Morgan fingerprint density at radius 3 is 2.33 bits per heavy atom. The molecule has 9 heavy (non-hydrogen) atoms. The van der Waals surface area contributed by atoms with Crippen molar-refractivity contribution in [2.75, 3.05) is 0 Å². The van der Waals surface area contributed by atoms with E-state index in [1.807, 2.05) is 0 Å². The lowest BCUT2D eigenvalue weighted by Gasteiger charge is -1.91. The summed E-state index contributed by atoms with van der Waals surface area (Å²) in [5.41, 5.74) is 0. The normalized spacial score (nSPS) is 8.67. The zero-order valence-electron chi connectivity index (χ0n) is 4.59. The van der Waals surface area contributed by atoms with Crippen LogP contribution in [0.3, 0.4) is 0 Å². The van der Waals surface area contributed by atoms with Crippen LogP contribution in [0.2, 0.25) is 0 Å². The van der Waals surface area contributed by atoms with Gasteiger partial charge in [0, 0.05) is 6.42 Å². The quantitative estimate of drug-likeness (QED) is 0.435. The Morgan fingerprint density at radius 1 is 1.44 bits per heavy atom. The minimum Gasteiger partial charge on any atom is -0.373 e. The Morgan fingerprint density at radius 2 is 2.00 bits per heavy atom. The molecular weight excluding hydrogens is 237 g/mol. The van der Waals surface area contributed by atoms with E-state index in [2.05, 4.69) is 10.7 Å². The highest BCUT2D eigenvalue weighted by atomic mass is 127. The van der Waals surface area contributed by atoms with Crippen molar-refractivity contribution in [3.8, 4) is 0 Å². The molecule has 0 fully saturated rings. The second-order valence-corrected chi connectivity index (χ2v) is 2.55. The fraction of sp³-hybridized carbons (Fsp3) is 0.500. The van der Waals surface area contributed by atoms with Crippen LogP contribution in [0.15, 0.2) is 0 Å². The molecule has 0 aromatic heterocycles. The Hall–Kier alpha value is -0.170. The second kappa shape index (κ2) is 4.68. The molecule has 0 atom stereocenters. The van der Waals surface area contributed by atoms with E-state index in [0.29, 0.717) is 0 Å². The van der Waals surface area contributed by atoms with E-state index < -0.39 is 5.97 Å². The third-order valence-electron chi connectivity index (χ3n) is 0.657. The standard InChI is InChI=1S/C4H6INO3/c5-3(7)1-2-4(8)9-6/h1-2,6H2. The molecule has 4 nitrogen and oxygen atoms in total. The molecule has 0 aliphatic heterocycles. The maximum atomic E-state index is 10.2. The SMILES string of the molecule is NOC(=O)CCC(=O)I. The van der Waals surface area contributed by atoms with Crippen LogP contribution in [-0.2, 0) is 14.4 Å². The summed E-state index contributed by atoms with van der Waals surface area (Å²) < 4.78 is -0.0713. The molecule has 0 unspecified atom stereocenters. The van der Waals surface area contributed by atoms with Gasteiger partial charge in [0.25, 0.3) is 0 Å². The summed E-state index contributed by atoms with van der Waals surface area (Å²) in [7, 11) is 0. The highest BCUT2D eigenvalue weighted by Crippen LogP contribution is 1.97. The van der Waals surface area contributed by atoms with E-state index in [1.54, 1.807) is 22.6 Å². The van der Waals surface area contributed by atoms with Crippen LogP contribution in [0.5, 0.6) is 0 Å². The zero-order valence-corrected chi connectivity index (χ0v) is 6.75. The first kappa shape index (κ1) is 8.83. The van der Waals surface area contributed by atoms with Gasteiger partial charge in [-0.3, -0.25) is 9.59 Å².